The first-order chi connectivity index (χ1) is 12.0. The fourth-order valence-electron chi connectivity index (χ4n) is 2.53. The van der Waals surface area contributed by atoms with Crippen LogP contribution in [0.2, 0.25) is 5.02 Å². The molecule has 0 saturated heterocycles. The van der Waals surface area contributed by atoms with Crippen molar-refractivity contribution in [2.45, 2.75) is 23.5 Å². The van der Waals surface area contributed by atoms with Crippen molar-refractivity contribution in [3.63, 3.8) is 0 Å². The highest BCUT2D eigenvalue weighted by molar-refractivity contribution is 7.93. The molecule has 0 bridgehead atoms. The third kappa shape index (κ3) is 3.10. The normalized spacial score (nSPS) is 13.8. The van der Waals surface area contributed by atoms with Gasteiger partial charge in [-0.05, 0) is 24.3 Å². The molecule has 1 heterocycles. The van der Waals surface area contributed by atoms with E-state index in [2.05, 4.69) is 5.16 Å². The molecule has 8 heteroatoms. The summed E-state index contributed by atoms with van der Waals surface area (Å²) in [6.07, 6.45) is 0.188. The standard InChI is InChI=1S/C17H13ClFNO4S/c1-2-12(17(21)22)25(23)13-8-7-10-15(20-24-16(10)14(13)18)9-5-3-4-6-11(9)19/h3-8,12H,2H2,1H3,(H,21,22). The van der Waals surface area contributed by atoms with Crippen LogP contribution >= 0.6 is 11.6 Å². The molecule has 5 nitrogen and oxygen atoms in total. The Morgan fingerprint density at radius 1 is 1.40 bits per heavy atom. The third-order valence-electron chi connectivity index (χ3n) is 3.80. The zero-order valence-electron chi connectivity index (χ0n) is 13.0. The molecular weight excluding hydrogens is 369 g/mol. The van der Waals surface area contributed by atoms with Gasteiger partial charge < -0.3 is 14.2 Å². The Kier molecular flexibility index (Phi) is 4.99. The summed E-state index contributed by atoms with van der Waals surface area (Å²) in [6, 6.07) is 9.12. The summed E-state index contributed by atoms with van der Waals surface area (Å²) < 4.78 is 31.8. The quantitative estimate of drug-likeness (QED) is 0.667. The van der Waals surface area contributed by atoms with Gasteiger partial charge in [0.2, 0.25) is 5.25 Å². The first-order valence-corrected chi connectivity index (χ1v) is 9.01. The van der Waals surface area contributed by atoms with Crippen LogP contribution in [0.5, 0.6) is 0 Å². The second-order valence-electron chi connectivity index (χ2n) is 5.30. The first-order valence-electron chi connectivity index (χ1n) is 7.41. The summed E-state index contributed by atoms with van der Waals surface area (Å²) in [5, 5.41) is 12.4. The van der Waals surface area contributed by atoms with Crippen LogP contribution < -0.4 is 0 Å². The van der Waals surface area contributed by atoms with Crippen LogP contribution in [0.15, 0.2) is 45.8 Å². The lowest BCUT2D eigenvalue weighted by atomic mass is 10.1. The second kappa shape index (κ2) is 7.03. The van der Waals surface area contributed by atoms with E-state index in [1.54, 1.807) is 31.2 Å². The Morgan fingerprint density at radius 3 is 2.76 bits per heavy atom. The molecule has 0 fully saturated rings. The van der Waals surface area contributed by atoms with Gasteiger partial charge in [0.15, 0.2) is 10.5 Å². The molecular formula is C17H13ClFNO4S. The molecule has 130 valence electrons. The molecule has 2 atom stereocenters. The Morgan fingerprint density at radius 2 is 2.12 bits per heavy atom. The minimum atomic E-state index is -1.85. The highest BCUT2D eigenvalue weighted by Crippen LogP contribution is 2.37. The number of nitrogens with zero attached hydrogens (tertiary/aromatic N) is 1. The number of hydrogen-bond acceptors (Lipinski definition) is 4. The van der Waals surface area contributed by atoms with Gasteiger partial charge in [-0.2, -0.15) is 0 Å². The van der Waals surface area contributed by atoms with Crippen LogP contribution in [0.4, 0.5) is 4.39 Å². The molecule has 2 aromatic carbocycles. The minimum Gasteiger partial charge on any atom is -0.611 e. The fourth-order valence-corrected chi connectivity index (χ4v) is 4.22. The van der Waals surface area contributed by atoms with E-state index in [0.717, 1.165) is 0 Å². The average molecular weight is 382 g/mol. The number of fused-ring (bicyclic) bond motifs is 1. The summed E-state index contributed by atoms with van der Waals surface area (Å²) in [5.41, 5.74) is 0.673. The zero-order valence-corrected chi connectivity index (χ0v) is 14.6. The van der Waals surface area contributed by atoms with E-state index < -0.39 is 28.2 Å². The van der Waals surface area contributed by atoms with Crippen molar-refractivity contribution in [1.29, 1.82) is 0 Å². The van der Waals surface area contributed by atoms with Gasteiger partial charge in [0, 0.05) is 23.2 Å². The van der Waals surface area contributed by atoms with Crippen molar-refractivity contribution >= 4 is 39.7 Å². The number of carbonyl (C=O) groups is 1. The molecule has 0 amide bonds. The van der Waals surface area contributed by atoms with E-state index in [1.807, 2.05) is 0 Å². The molecule has 1 N–H and O–H groups in total. The largest absolute Gasteiger partial charge is 0.611 e. The van der Waals surface area contributed by atoms with Crippen molar-refractivity contribution in [2.24, 2.45) is 0 Å². The Bertz CT molecular complexity index is 946. The first kappa shape index (κ1) is 17.7. The van der Waals surface area contributed by atoms with E-state index in [4.69, 9.17) is 16.1 Å². The summed E-state index contributed by atoms with van der Waals surface area (Å²) in [5.74, 6) is -1.62. The predicted octanol–water partition coefficient (Wildman–Crippen LogP) is 4.26. The van der Waals surface area contributed by atoms with Crippen molar-refractivity contribution in [1.82, 2.24) is 5.16 Å². The molecule has 3 aromatic rings. The summed E-state index contributed by atoms with van der Waals surface area (Å²) in [4.78, 5) is 11.4. The maximum atomic E-state index is 14.0. The van der Waals surface area contributed by atoms with E-state index in [9.17, 15) is 18.8 Å². The van der Waals surface area contributed by atoms with Gasteiger partial charge in [0.1, 0.15) is 16.5 Å². The molecule has 0 spiro atoms. The third-order valence-corrected chi connectivity index (χ3v) is 6.11. The molecule has 0 aliphatic rings. The molecule has 0 radical (unpaired) electrons. The van der Waals surface area contributed by atoms with E-state index in [0.29, 0.717) is 5.39 Å². The smallest absolute Gasteiger partial charge is 0.357 e. The average Bonchev–Trinajstić information content (AvgIpc) is 3.00. The van der Waals surface area contributed by atoms with Crippen LogP contribution in [-0.4, -0.2) is 26.0 Å². The highest BCUT2D eigenvalue weighted by atomic mass is 35.5. The highest BCUT2D eigenvalue weighted by Gasteiger charge is 2.33. The second-order valence-corrected chi connectivity index (χ2v) is 7.28. The lowest BCUT2D eigenvalue weighted by molar-refractivity contribution is -0.136. The lowest BCUT2D eigenvalue weighted by Gasteiger charge is -2.17. The number of hydrogen-bond donors (Lipinski definition) is 1. The van der Waals surface area contributed by atoms with Gasteiger partial charge in [0.25, 0.3) is 0 Å². The SMILES string of the molecule is CCC(C(=O)O)[S+]([O-])c1ccc2c(-c3ccccc3F)noc2c1Cl. The molecule has 3 rings (SSSR count). The van der Waals surface area contributed by atoms with Crippen LogP contribution in [0.3, 0.4) is 0 Å². The van der Waals surface area contributed by atoms with Crippen LogP contribution in [0.1, 0.15) is 13.3 Å². The van der Waals surface area contributed by atoms with Crippen LogP contribution in [0, 0.1) is 5.82 Å². The topological polar surface area (TPSA) is 86.4 Å². The molecule has 1 aromatic heterocycles. The Balaban J connectivity index is 2.11. The van der Waals surface area contributed by atoms with Crippen molar-refractivity contribution in [3.05, 3.63) is 47.2 Å². The maximum Gasteiger partial charge on any atom is 0.357 e. The monoisotopic (exact) mass is 381 g/mol. The van der Waals surface area contributed by atoms with Crippen molar-refractivity contribution in [3.8, 4) is 11.3 Å². The minimum absolute atomic E-state index is 0.0191. The zero-order chi connectivity index (χ0) is 18.1. The Labute approximate surface area is 150 Å². The molecule has 0 saturated carbocycles. The van der Waals surface area contributed by atoms with E-state index in [-0.39, 0.29) is 33.2 Å². The number of aromatic nitrogens is 1. The number of carboxylic acid groups (broad SMARTS) is 1. The van der Waals surface area contributed by atoms with Gasteiger partial charge in [-0.1, -0.05) is 35.8 Å². The van der Waals surface area contributed by atoms with Crippen molar-refractivity contribution in [2.75, 3.05) is 0 Å². The molecule has 2 unspecified atom stereocenters. The number of aliphatic carboxylic acids is 1. The molecule has 0 aliphatic carbocycles. The Hall–Kier alpha value is -2.09. The van der Waals surface area contributed by atoms with Gasteiger partial charge in [-0.3, -0.25) is 0 Å². The summed E-state index contributed by atoms with van der Waals surface area (Å²) in [7, 11) is 0. The molecule has 0 aliphatic heterocycles. The van der Waals surface area contributed by atoms with Gasteiger partial charge in [0.05, 0.1) is 5.39 Å². The van der Waals surface area contributed by atoms with Crippen LogP contribution in [0.25, 0.3) is 22.2 Å². The fraction of sp³-hybridized carbons (Fsp3) is 0.176. The van der Waals surface area contributed by atoms with Gasteiger partial charge >= 0.3 is 5.97 Å². The maximum absolute atomic E-state index is 14.0. The van der Waals surface area contributed by atoms with Gasteiger partial charge in [-0.15, -0.1) is 0 Å². The number of benzene rings is 2. The number of halogens is 2. The van der Waals surface area contributed by atoms with Crippen LogP contribution in [-0.2, 0) is 16.0 Å². The van der Waals surface area contributed by atoms with E-state index in [1.165, 1.54) is 12.1 Å². The number of carboxylic acids is 1. The predicted molar refractivity (Wildman–Crippen MR) is 92.5 cm³/mol. The summed E-state index contributed by atoms with van der Waals surface area (Å²) in [6.45, 7) is 1.63. The number of rotatable bonds is 5. The molecule has 25 heavy (non-hydrogen) atoms. The van der Waals surface area contributed by atoms with Gasteiger partial charge in [-0.25, -0.2) is 9.18 Å². The lowest BCUT2D eigenvalue weighted by Crippen LogP contribution is -2.29. The van der Waals surface area contributed by atoms with Crippen molar-refractivity contribution < 1.29 is 23.4 Å². The summed E-state index contributed by atoms with van der Waals surface area (Å²) >= 11 is 4.42. The van der Waals surface area contributed by atoms with E-state index >= 15 is 0 Å².